The predicted octanol–water partition coefficient (Wildman–Crippen LogP) is 3.64. The van der Waals surface area contributed by atoms with Crippen molar-refractivity contribution in [1.82, 2.24) is 4.98 Å². The molecule has 1 aliphatic heterocycles. The molecule has 2 amide bonds. The summed E-state index contributed by atoms with van der Waals surface area (Å²) in [5.41, 5.74) is 5.24. The Balaban J connectivity index is 1.59. The van der Waals surface area contributed by atoms with E-state index in [1.807, 2.05) is 25.1 Å². The van der Waals surface area contributed by atoms with Gasteiger partial charge in [-0.15, -0.1) is 0 Å². The van der Waals surface area contributed by atoms with Crippen LogP contribution in [0.4, 0.5) is 11.4 Å². The van der Waals surface area contributed by atoms with E-state index in [1.54, 1.807) is 11.8 Å². The molecule has 2 heterocycles. The minimum atomic E-state index is -0.251. The number of amides is 2. The maximum Gasteiger partial charge on any atom is 0.272 e. The average molecular weight is 379 g/mol. The van der Waals surface area contributed by atoms with Gasteiger partial charge in [0, 0.05) is 42.5 Å². The number of ketones is 1. The number of hydrogen-bond acceptors (Lipinski definition) is 3. The highest BCUT2D eigenvalue weighted by Gasteiger charge is 2.35. The van der Waals surface area contributed by atoms with Gasteiger partial charge < -0.3 is 15.2 Å². The zero-order chi connectivity index (χ0) is 20.2. The molecule has 0 fully saturated rings. The first-order valence-corrected chi connectivity index (χ1v) is 9.63. The number of Topliss-reactive ketones (excluding diaryl/α,β-unsaturated/α-hetero) is 1. The van der Waals surface area contributed by atoms with E-state index in [0.717, 1.165) is 35.3 Å². The molecule has 6 nitrogen and oxygen atoms in total. The predicted molar refractivity (Wildman–Crippen MR) is 108 cm³/mol. The van der Waals surface area contributed by atoms with Crippen LogP contribution in [-0.4, -0.2) is 29.1 Å². The summed E-state index contributed by atoms with van der Waals surface area (Å²) in [6, 6.07) is 5.60. The summed E-state index contributed by atoms with van der Waals surface area (Å²) in [4.78, 5) is 42.1. The van der Waals surface area contributed by atoms with Crippen LogP contribution >= 0.6 is 0 Å². The Kier molecular flexibility index (Phi) is 4.17. The van der Waals surface area contributed by atoms with Crippen molar-refractivity contribution in [3.63, 3.8) is 0 Å². The molecule has 6 heteroatoms. The van der Waals surface area contributed by atoms with E-state index in [2.05, 4.69) is 24.1 Å². The molecule has 1 aromatic carbocycles. The van der Waals surface area contributed by atoms with Gasteiger partial charge in [-0.1, -0.05) is 13.8 Å². The minimum absolute atomic E-state index is 0.0238. The first-order valence-electron chi connectivity index (χ1n) is 9.63. The van der Waals surface area contributed by atoms with Gasteiger partial charge in [0.15, 0.2) is 5.78 Å². The number of benzene rings is 1. The largest absolute Gasteiger partial charge is 0.354 e. The highest BCUT2D eigenvalue weighted by atomic mass is 16.2. The Bertz CT molecular complexity index is 1020. The number of aromatic nitrogens is 1. The van der Waals surface area contributed by atoms with E-state index in [-0.39, 0.29) is 23.0 Å². The fraction of sp³-hybridized carbons (Fsp3) is 0.409. The lowest BCUT2D eigenvalue weighted by Crippen LogP contribution is -2.26. The number of carbonyl (C=O) groups excluding carboxylic acids is 3. The van der Waals surface area contributed by atoms with E-state index < -0.39 is 0 Å². The maximum absolute atomic E-state index is 12.9. The second kappa shape index (κ2) is 6.33. The number of aromatic amines is 1. The zero-order valence-electron chi connectivity index (χ0n) is 16.7. The third kappa shape index (κ3) is 3.03. The van der Waals surface area contributed by atoms with Crippen molar-refractivity contribution in [3.05, 3.63) is 46.3 Å². The third-order valence-corrected chi connectivity index (χ3v) is 5.74. The van der Waals surface area contributed by atoms with E-state index in [9.17, 15) is 14.4 Å². The molecule has 2 aliphatic rings. The molecule has 0 saturated heterocycles. The molecule has 4 rings (SSSR count). The quantitative estimate of drug-likeness (QED) is 0.836. The Hall–Kier alpha value is -2.89. The highest BCUT2D eigenvalue weighted by molar-refractivity contribution is 6.08. The monoisotopic (exact) mass is 379 g/mol. The highest BCUT2D eigenvalue weighted by Crippen LogP contribution is 2.37. The van der Waals surface area contributed by atoms with Crippen LogP contribution in [0.5, 0.6) is 0 Å². The summed E-state index contributed by atoms with van der Waals surface area (Å²) < 4.78 is 0. The van der Waals surface area contributed by atoms with E-state index in [4.69, 9.17) is 0 Å². The standard InChI is InChI=1S/C22H25N3O3/c1-12-19-16(10-22(3,4)11-18(19)27)24-20(12)21(28)23-15-5-6-17-14(9-15)7-8-25(17)13(2)26/h5-6,9,24H,7-8,10-11H2,1-4H3,(H,23,28). The minimum Gasteiger partial charge on any atom is -0.354 e. The van der Waals surface area contributed by atoms with Gasteiger partial charge in [-0.3, -0.25) is 14.4 Å². The van der Waals surface area contributed by atoms with E-state index in [0.29, 0.717) is 29.9 Å². The van der Waals surface area contributed by atoms with Crippen molar-refractivity contribution in [2.24, 2.45) is 5.41 Å². The molecule has 0 bridgehead atoms. The topological polar surface area (TPSA) is 82.3 Å². The summed E-state index contributed by atoms with van der Waals surface area (Å²) in [6.45, 7) is 8.19. The van der Waals surface area contributed by atoms with Gasteiger partial charge in [-0.25, -0.2) is 0 Å². The summed E-state index contributed by atoms with van der Waals surface area (Å²) in [6.07, 6.45) is 2.02. The summed E-state index contributed by atoms with van der Waals surface area (Å²) in [5.74, 6) is -0.129. The van der Waals surface area contributed by atoms with E-state index in [1.165, 1.54) is 0 Å². The van der Waals surface area contributed by atoms with Gasteiger partial charge in [-0.2, -0.15) is 0 Å². The Morgan fingerprint density at radius 1 is 1.21 bits per heavy atom. The van der Waals surface area contributed by atoms with Crippen molar-refractivity contribution in [2.75, 3.05) is 16.8 Å². The molecule has 0 unspecified atom stereocenters. The number of fused-ring (bicyclic) bond motifs is 2. The lowest BCUT2D eigenvalue weighted by Gasteiger charge is -2.28. The van der Waals surface area contributed by atoms with Crippen LogP contribution in [0.25, 0.3) is 0 Å². The molecule has 1 aromatic heterocycles. The number of H-pyrrole nitrogens is 1. The number of nitrogens with one attached hydrogen (secondary N) is 2. The summed E-state index contributed by atoms with van der Waals surface area (Å²) >= 11 is 0. The average Bonchev–Trinajstić information content (AvgIpc) is 3.14. The molecule has 0 saturated carbocycles. The third-order valence-electron chi connectivity index (χ3n) is 5.74. The number of hydrogen-bond donors (Lipinski definition) is 2. The number of nitrogens with zero attached hydrogens (tertiary/aromatic N) is 1. The fourth-order valence-electron chi connectivity index (χ4n) is 4.46. The first-order chi connectivity index (χ1) is 13.2. The van der Waals surface area contributed by atoms with Crippen LogP contribution in [0.2, 0.25) is 0 Å². The van der Waals surface area contributed by atoms with Crippen LogP contribution in [0.1, 0.15) is 64.9 Å². The van der Waals surface area contributed by atoms with Crippen LogP contribution in [-0.2, 0) is 17.6 Å². The zero-order valence-corrected chi connectivity index (χ0v) is 16.7. The summed E-state index contributed by atoms with van der Waals surface area (Å²) in [5, 5.41) is 2.93. The van der Waals surface area contributed by atoms with Crippen LogP contribution in [0.15, 0.2) is 18.2 Å². The molecule has 0 atom stereocenters. The molecule has 28 heavy (non-hydrogen) atoms. The normalized spacial score (nSPS) is 17.3. The molecule has 0 spiro atoms. The van der Waals surface area contributed by atoms with Gasteiger partial charge in [0.25, 0.3) is 5.91 Å². The van der Waals surface area contributed by atoms with E-state index >= 15 is 0 Å². The first kappa shape index (κ1) is 18.5. The van der Waals surface area contributed by atoms with Crippen molar-refractivity contribution in [3.8, 4) is 0 Å². The van der Waals surface area contributed by atoms with Gasteiger partial charge >= 0.3 is 0 Å². The SMILES string of the molecule is CC(=O)N1CCc2cc(NC(=O)c3[nH]c4c(c3C)C(=O)CC(C)(C)C4)ccc21. The number of carbonyl (C=O) groups is 3. The Morgan fingerprint density at radius 3 is 2.68 bits per heavy atom. The van der Waals surface area contributed by atoms with Crippen molar-refractivity contribution < 1.29 is 14.4 Å². The molecular weight excluding hydrogens is 354 g/mol. The van der Waals surface area contributed by atoms with Crippen molar-refractivity contribution in [2.45, 2.75) is 47.0 Å². The van der Waals surface area contributed by atoms with Crippen LogP contribution in [0, 0.1) is 12.3 Å². The molecule has 0 radical (unpaired) electrons. The second-order valence-electron chi connectivity index (χ2n) is 8.64. The second-order valence-corrected chi connectivity index (χ2v) is 8.64. The van der Waals surface area contributed by atoms with Crippen LogP contribution in [0.3, 0.4) is 0 Å². The molecule has 2 aromatic rings. The maximum atomic E-state index is 12.9. The van der Waals surface area contributed by atoms with Crippen LogP contribution < -0.4 is 10.2 Å². The smallest absolute Gasteiger partial charge is 0.272 e. The number of anilines is 2. The fourth-order valence-corrected chi connectivity index (χ4v) is 4.46. The van der Waals surface area contributed by atoms with Crippen molar-refractivity contribution >= 4 is 29.0 Å². The lowest BCUT2D eigenvalue weighted by molar-refractivity contribution is -0.116. The van der Waals surface area contributed by atoms with Gasteiger partial charge in [-0.05, 0) is 54.5 Å². The Labute approximate surface area is 164 Å². The molecule has 146 valence electrons. The molecular formula is C22H25N3O3. The van der Waals surface area contributed by atoms with Crippen molar-refractivity contribution in [1.29, 1.82) is 0 Å². The number of rotatable bonds is 2. The summed E-state index contributed by atoms with van der Waals surface area (Å²) in [7, 11) is 0. The lowest BCUT2D eigenvalue weighted by atomic mass is 9.75. The molecule has 2 N–H and O–H groups in total. The van der Waals surface area contributed by atoms with Gasteiger partial charge in [0.2, 0.25) is 5.91 Å². The van der Waals surface area contributed by atoms with Gasteiger partial charge in [0.1, 0.15) is 5.69 Å². The van der Waals surface area contributed by atoms with Gasteiger partial charge in [0.05, 0.1) is 0 Å². The Morgan fingerprint density at radius 2 is 1.96 bits per heavy atom. The molecule has 1 aliphatic carbocycles.